The van der Waals surface area contributed by atoms with E-state index in [0.717, 1.165) is 18.8 Å². The molecule has 3 heteroatoms. The molecule has 0 spiro atoms. The molecule has 0 aromatic rings. The normalized spacial score (nSPS) is 15.9. The second kappa shape index (κ2) is 3.22. The van der Waals surface area contributed by atoms with E-state index in [-0.39, 0.29) is 0 Å². The first-order valence-electron chi connectivity index (χ1n) is 3.21. The third-order valence-corrected chi connectivity index (χ3v) is 1.09. The minimum Gasteiger partial charge on any atom is -0.369 e. The van der Waals surface area contributed by atoms with Gasteiger partial charge >= 0.3 is 0 Å². The topological polar surface area (TPSA) is 36.8 Å². The van der Waals surface area contributed by atoms with E-state index in [2.05, 4.69) is 22.2 Å². The highest BCUT2D eigenvalue weighted by atomic mass is 15.1. The first-order chi connectivity index (χ1) is 4.43. The first kappa shape index (κ1) is 6.26. The molecule has 0 saturated heterocycles. The van der Waals surface area contributed by atoms with E-state index in [1.165, 1.54) is 0 Å². The highest BCUT2D eigenvalue weighted by Gasteiger charge is 1.95. The maximum atomic E-state index is 4.06. The Kier molecular flexibility index (Phi) is 2.24. The van der Waals surface area contributed by atoms with Crippen LogP contribution >= 0.6 is 0 Å². The van der Waals surface area contributed by atoms with E-state index in [4.69, 9.17) is 0 Å². The fraction of sp³-hybridized carbons (Fsp3) is 0.667. The Morgan fingerprint density at radius 1 is 1.78 bits per heavy atom. The van der Waals surface area contributed by atoms with Gasteiger partial charge in [0.05, 0.1) is 6.21 Å². The number of nitrogens with one attached hydrogen (secondary N) is 1. The van der Waals surface area contributed by atoms with Crippen LogP contribution in [0.15, 0.2) is 9.98 Å². The predicted octanol–water partition coefficient (Wildman–Crippen LogP) is 0.426. The van der Waals surface area contributed by atoms with E-state index in [0.29, 0.717) is 6.67 Å². The van der Waals surface area contributed by atoms with E-state index < -0.39 is 0 Å². The maximum Gasteiger partial charge on any atom is 0.141 e. The minimum atomic E-state index is 0.603. The lowest BCUT2D eigenvalue weighted by atomic mass is 10.5. The van der Waals surface area contributed by atoms with Crippen molar-refractivity contribution in [1.29, 1.82) is 0 Å². The third-order valence-electron chi connectivity index (χ3n) is 1.09. The van der Waals surface area contributed by atoms with Crippen LogP contribution in [0, 0.1) is 0 Å². The molecule has 0 fully saturated rings. The van der Waals surface area contributed by atoms with Crippen molar-refractivity contribution in [3.05, 3.63) is 0 Å². The third kappa shape index (κ3) is 1.83. The fourth-order valence-electron chi connectivity index (χ4n) is 0.640. The van der Waals surface area contributed by atoms with Gasteiger partial charge in [-0.3, -0.25) is 4.99 Å². The van der Waals surface area contributed by atoms with Crippen LogP contribution in [0.3, 0.4) is 0 Å². The van der Waals surface area contributed by atoms with Crippen LogP contribution in [-0.4, -0.2) is 25.3 Å². The van der Waals surface area contributed by atoms with Gasteiger partial charge in [0.15, 0.2) is 0 Å². The molecule has 0 unspecified atom stereocenters. The Bertz CT molecular complexity index is 137. The van der Waals surface area contributed by atoms with Crippen molar-refractivity contribution >= 4 is 12.1 Å². The summed E-state index contributed by atoms with van der Waals surface area (Å²) in [7, 11) is 0. The largest absolute Gasteiger partial charge is 0.369 e. The summed E-state index contributed by atoms with van der Waals surface area (Å²) >= 11 is 0. The zero-order chi connectivity index (χ0) is 6.53. The molecule has 0 radical (unpaired) electrons. The van der Waals surface area contributed by atoms with E-state index >= 15 is 0 Å². The van der Waals surface area contributed by atoms with Crippen molar-refractivity contribution in [2.24, 2.45) is 9.98 Å². The highest BCUT2D eigenvalue weighted by molar-refractivity contribution is 6.30. The summed E-state index contributed by atoms with van der Waals surface area (Å²) in [6.45, 7) is 3.72. The van der Waals surface area contributed by atoms with Crippen molar-refractivity contribution in [2.45, 2.75) is 13.3 Å². The van der Waals surface area contributed by atoms with Crippen LogP contribution in [0.5, 0.6) is 0 Å². The molecule has 0 saturated carbocycles. The van der Waals surface area contributed by atoms with Crippen LogP contribution in [0.2, 0.25) is 0 Å². The van der Waals surface area contributed by atoms with Crippen molar-refractivity contribution in [2.75, 3.05) is 13.2 Å². The SMILES string of the molecule is CCCNC1=NCN=C1. The molecule has 0 aromatic carbocycles. The smallest absolute Gasteiger partial charge is 0.141 e. The van der Waals surface area contributed by atoms with Crippen molar-refractivity contribution in [3.8, 4) is 0 Å². The van der Waals surface area contributed by atoms with Crippen LogP contribution in [-0.2, 0) is 0 Å². The Balaban J connectivity index is 2.19. The molecule has 0 aromatic heterocycles. The number of hydrogen-bond donors (Lipinski definition) is 1. The Morgan fingerprint density at radius 2 is 2.67 bits per heavy atom. The number of nitrogens with zero attached hydrogens (tertiary/aromatic N) is 2. The van der Waals surface area contributed by atoms with Crippen LogP contribution in [0.25, 0.3) is 0 Å². The second-order valence-electron chi connectivity index (χ2n) is 1.92. The molecule has 3 nitrogen and oxygen atoms in total. The first-order valence-corrected chi connectivity index (χ1v) is 3.21. The number of hydrogen-bond acceptors (Lipinski definition) is 3. The van der Waals surface area contributed by atoms with E-state index in [9.17, 15) is 0 Å². The lowest BCUT2D eigenvalue weighted by Crippen LogP contribution is -2.23. The lowest BCUT2D eigenvalue weighted by molar-refractivity contribution is 0.844. The maximum absolute atomic E-state index is 4.06. The quantitative estimate of drug-likeness (QED) is 0.570. The van der Waals surface area contributed by atoms with Gasteiger partial charge in [-0.25, -0.2) is 4.99 Å². The molecule has 0 bridgehead atoms. The standard InChI is InChI=1S/C6H11N3/c1-2-3-8-6-4-7-5-9-6/h4H,2-3,5H2,1H3,(H,8,9). The van der Waals surface area contributed by atoms with Gasteiger partial charge in [0.2, 0.25) is 0 Å². The summed E-state index contributed by atoms with van der Waals surface area (Å²) in [5.41, 5.74) is 0. The number of rotatable bonds is 2. The summed E-state index contributed by atoms with van der Waals surface area (Å²) in [5.74, 6) is 0.928. The van der Waals surface area contributed by atoms with Gasteiger partial charge in [-0.15, -0.1) is 0 Å². The molecule has 1 N–H and O–H groups in total. The average molecular weight is 125 g/mol. The number of aliphatic imine (C=N–C) groups is 2. The molecule has 1 aliphatic rings. The van der Waals surface area contributed by atoms with Gasteiger partial charge in [-0.05, 0) is 6.42 Å². The molecule has 9 heavy (non-hydrogen) atoms. The Morgan fingerprint density at radius 3 is 3.22 bits per heavy atom. The van der Waals surface area contributed by atoms with Gasteiger partial charge in [-0.1, -0.05) is 6.92 Å². The monoisotopic (exact) mass is 125 g/mol. The van der Waals surface area contributed by atoms with Crippen molar-refractivity contribution < 1.29 is 0 Å². The van der Waals surface area contributed by atoms with E-state index in [1.807, 2.05) is 0 Å². The summed E-state index contributed by atoms with van der Waals surface area (Å²) in [4.78, 5) is 7.98. The molecule has 50 valence electrons. The van der Waals surface area contributed by atoms with Gasteiger partial charge in [0, 0.05) is 6.54 Å². The lowest BCUT2D eigenvalue weighted by Gasteiger charge is -1.97. The molecular weight excluding hydrogens is 114 g/mol. The fourth-order valence-corrected chi connectivity index (χ4v) is 0.640. The van der Waals surface area contributed by atoms with Gasteiger partial charge in [0.1, 0.15) is 12.5 Å². The second-order valence-corrected chi connectivity index (χ2v) is 1.92. The molecule has 0 aliphatic carbocycles. The molecule has 0 amide bonds. The van der Waals surface area contributed by atoms with Gasteiger partial charge in [-0.2, -0.15) is 0 Å². The van der Waals surface area contributed by atoms with Gasteiger partial charge in [0.25, 0.3) is 0 Å². The zero-order valence-corrected chi connectivity index (χ0v) is 5.59. The van der Waals surface area contributed by atoms with E-state index in [1.54, 1.807) is 6.21 Å². The molecule has 1 aliphatic heterocycles. The highest BCUT2D eigenvalue weighted by Crippen LogP contribution is 1.83. The minimum absolute atomic E-state index is 0.603. The molecule has 0 atom stereocenters. The van der Waals surface area contributed by atoms with Crippen LogP contribution in [0.4, 0.5) is 0 Å². The zero-order valence-electron chi connectivity index (χ0n) is 5.59. The van der Waals surface area contributed by atoms with Crippen LogP contribution < -0.4 is 5.32 Å². The number of amidine groups is 1. The van der Waals surface area contributed by atoms with Crippen LogP contribution in [0.1, 0.15) is 13.3 Å². The van der Waals surface area contributed by atoms with Crippen molar-refractivity contribution in [3.63, 3.8) is 0 Å². The molecule has 1 heterocycles. The summed E-state index contributed by atoms with van der Waals surface area (Å²) < 4.78 is 0. The summed E-state index contributed by atoms with van der Waals surface area (Å²) in [6, 6.07) is 0. The molecule has 1 rings (SSSR count). The van der Waals surface area contributed by atoms with Gasteiger partial charge < -0.3 is 5.32 Å². The molecular formula is C6H11N3. The Hall–Kier alpha value is -0.860. The predicted molar refractivity (Wildman–Crippen MR) is 39.1 cm³/mol. The summed E-state index contributed by atoms with van der Waals surface area (Å²) in [5, 5.41) is 3.13. The summed E-state index contributed by atoms with van der Waals surface area (Å²) in [6.07, 6.45) is 2.91. The van der Waals surface area contributed by atoms with Crippen molar-refractivity contribution in [1.82, 2.24) is 5.32 Å². The average Bonchev–Trinajstić information content (AvgIpc) is 2.34. The Labute approximate surface area is 54.9 Å².